The molecule has 376 valence electrons. The third-order valence-electron chi connectivity index (χ3n) is 11.9. The molecule has 65 heavy (non-hydrogen) atoms. The molecule has 0 bridgehead atoms. The Morgan fingerprint density at radius 3 is 1.37 bits per heavy atom. The van der Waals surface area contributed by atoms with Crippen LogP contribution in [0.3, 0.4) is 0 Å². The lowest BCUT2D eigenvalue weighted by molar-refractivity contribution is -0.298. The number of carbonyl (C=O) groups is 3. The van der Waals surface area contributed by atoms with Gasteiger partial charge in [-0.05, 0) is 51.4 Å². The van der Waals surface area contributed by atoms with E-state index in [0.717, 1.165) is 83.5 Å². The maximum Gasteiger partial charge on any atom is 0.335 e. The van der Waals surface area contributed by atoms with Crippen LogP contribution >= 0.6 is 0 Å². The highest BCUT2D eigenvalue weighted by Gasteiger charge is 2.47. The van der Waals surface area contributed by atoms with Gasteiger partial charge in [-0.1, -0.05) is 210 Å². The van der Waals surface area contributed by atoms with Crippen LogP contribution in [0.1, 0.15) is 226 Å². The van der Waals surface area contributed by atoms with Crippen LogP contribution in [0.5, 0.6) is 0 Å². The van der Waals surface area contributed by atoms with Crippen LogP contribution in [-0.2, 0) is 33.3 Å². The molecule has 6 atom stereocenters. The maximum atomic E-state index is 12.8. The van der Waals surface area contributed by atoms with E-state index in [1.807, 2.05) is 0 Å². The first-order chi connectivity index (χ1) is 31.7. The number of aliphatic carboxylic acids is 1. The zero-order chi connectivity index (χ0) is 47.4. The number of ether oxygens (including phenoxy) is 4. The van der Waals surface area contributed by atoms with E-state index in [0.29, 0.717) is 12.8 Å². The molecule has 0 aromatic carbocycles. The summed E-state index contributed by atoms with van der Waals surface area (Å²) in [6, 6.07) is 0. The minimum Gasteiger partial charge on any atom is -0.479 e. The lowest BCUT2D eigenvalue weighted by Gasteiger charge is -2.38. The molecule has 0 saturated carbocycles. The molecule has 11 nitrogen and oxygen atoms in total. The molecule has 0 amide bonds. The van der Waals surface area contributed by atoms with Crippen molar-refractivity contribution in [3.05, 3.63) is 48.6 Å². The summed E-state index contributed by atoms with van der Waals surface area (Å²) in [7, 11) is 0. The second kappa shape index (κ2) is 43.7. The summed E-state index contributed by atoms with van der Waals surface area (Å²) in [5.41, 5.74) is 0. The number of hydrogen-bond donors (Lipinski definition) is 4. The zero-order valence-corrected chi connectivity index (χ0v) is 41.0. The largest absolute Gasteiger partial charge is 0.479 e. The molecule has 1 rings (SSSR count). The molecule has 0 aromatic heterocycles. The predicted octanol–water partition coefficient (Wildman–Crippen LogP) is 12.5. The number of unbranched alkanes of at least 4 members (excludes halogenated alkanes) is 25. The van der Waals surface area contributed by atoms with Gasteiger partial charge in [-0.15, -0.1) is 0 Å². The van der Waals surface area contributed by atoms with Crippen LogP contribution in [0.15, 0.2) is 48.6 Å². The van der Waals surface area contributed by atoms with Gasteiger partial charge in [0.15, 0.2) is 18.5 Å². The molecule has 6 unspecified atom stereocenters. The summed E-state index contributed by atoms with van der Waals surface area (Å²) in [5, 5.41) is 40.0. The lowest BCUT2D eigenvalue weighted by atomic mass is 9.99. The van der Waals surface area contributed by atoms with Gasteiger partial charge in [0.05, 0.1) is 6.61 Å². The molecule has 11 heteroatoms. The van der Waals surface area contributed by atoms with E-state index in [-0.39, 0.29) is 19.4 Å². The Morgan fingerprint density at radius 1 is 0.492 bits per heavy atom. The molecule has 1 aliphatic heterocycles. The average molecular weight is 919 g/mol. The fourth-order valence-electron chi connectivity index (χ4n) is 7.87. The van der Waals surface area contributed by atoms with Crippen molar-refractivity contribution in [2.45, 2.75) is 263 Å². The van der Waals surface area contributed by atoms with Crippen molar-refractivity contribution < 1.29 is 53.8 Å². The predicted molar refractivity (Wildman–Crippen MR) is 261 cm³/mol. The summed E-state index contributed by atoms with van der Waals surface area (Å²) in [6.07, 6.45) is 44.4. The minimum absolute atomic E-state index is 0.182. The highest BCUT2D eigenvalue weighted by Crippen LogP contribution is 2.23. The van der Waals surface area contributed by atoms with Gasteiger partial charge >= 0.3 is 17.9 Å². The number of carbonyl (C=O) groups excluding carboxylic acids is 2. The van der Waals surface area contributed by atoms with Gasteiger partial charge < -0.3 is 39.4 Å². The smallest absolute Gasteiger partial charge is 0.335 e. The van der Waals surface area contributed by atoms with E-state index in [2.05, 4.69) is 62.5 Å². The third kappa shape index (κ3) is 35.0. The van der Waals surface area contributed by atoms with Crippen molar-refractivity contribution >= 4 is 17.9 Å². The number of carboxylic acids is 1. The van der Waals surface area contributed by atoms with Crippen LogP contribution in [0.4, 0.5) is 0 Å². The number of esters is 2. The quantitative estimate of drug-likeness (QED) is 0.0261. The normalized spacial score (nSPS) is 19.6. The van der Waals surface area contributed by atoms with Crippen molar-refractivity contribution in [2.75, 3.05) is 13.2 Å². The van der Waals surface area contributed by atoms with E-state index in [9.17, 15) is 34.8 Å². The van der Waals surface area contributed by atoms with Gasteiger partial charge in [0, 0.05) is 12.8 Å². The monoisotopic (exact) mass is 919 g/mol. The number of hydrogen-bond acceptors (Lipinski definition) is 10. The highest BCUT2D eigenvalue weighted by molar-refractivity contribution is 5.73. The SMILES string of the molecule is CC/C=C\C/C=C\C/C=C\C/C=C\CCCCCCCCC(=O)OCC(COC1OC(C(=O)O)C(O)C(O)C1O)OC(=O)CCCCCCCCCCCCCCCCCCCCCC. The van der Waals surface area contributed by atoms with Gasteiger partial charge in [0.2, 0.25) is 0 Å². The molecule has 1 heterocycles. The second-order valence-electron chi connectivity index (χ2n) is 18.0. The zero-order valence-electron chi connectivity index (χ0n) is 41.0. The number of aliphatic hydroxyl groups is 3. The first kappa shape index (κ1) is 60.2. The fraction of sp³-hybridized carbons (Fsp3) is 0.796. The van der Waals surface area contributed by atoms with Crippen molar-refractivity contribution in [3.63, 3.8) is 0 Å². The molecular formula is C54H94O11. The Kier molecular flexibility index (Phi) is 40.5. The first-order valence-corrected chi connectivity index (χ1v) is 26.2. The van der Waals surface area contributed by atoms with Crippen molar-refractivity contribution in [3.8, 4) is 0 Å². The van der Waals surface area contributed by atoms with E-state index in [1.165, 1.54) is 103 Å². The van der Waals surface area contributed by atoms with E-state index >= 15 is 0 Å². The topological polar surface area (TPSA) is 169 Å². The van der Waals surface area contributed by atoms with Crippen LogP contribution in [0.2, 0.25) is 0 Å². The lowest BCUT2D eigenvalue weighted by Crippen LogP contribution is -2.60. The number of rotatable bonds is 44. The van der Waals surface area contributed by atoms with Gasteiger partial charge in [-0.3, -0.25) is 9.59 Å². The molecule has 0 radical (unpaired) electrons. The third-order valence-corrected chi connectivity index (χ3v) is 11.9. The molecule has 4 N–H and O–H groups in total. The molecule has 0 aliphatic carbocycles. The summed E-state index contributed by atoms with van der Waals surface area (Å²) >= 11 is 0. The van der Waals surface area contributed by atoms with Gasteiger partial charge in [0.1, 0.15) is 24.9 Å². The van der Waals surface area contributed by atoms with Crippen LogP contribution in [0, 0.1) is 0 Å². The summed E-state index contributed by atoms with van der Waals surface area (Å²) < 4.78 is 21.8. The molecule has 1 aliphatic rings. The highest BCUT2D eigenvalue weighted by atomic mass is 16.7. The Hall–Kier alpha value is -2.83. The maximum absolute atomic E-state index is 12.8. The standard InChI is InChI=1S/C54H94O11/c1-3-5-7-9-11-13-15-17-19-21-23-25-27-29-31-33-35-37-39-41-43-48(56)64-46(45-63-54-51(59)49(57)50(58)52(65-54)53(60)61)44-62-47(55)42-40-38-36-34-32-30-28-26-24-22-20-18-16-14-12-10-8-6-4-2/h6,8,12,14,18,20,24,26,46,49-52,54,57-59H,3-5,7,9-11,13,15-17,19,21-23,25,27-45H2,1-2H3,(H,60,61)/b8-6-,14-12-,20-18-,26-24-. The van der Waals surface area contributed by atoms with E-state index < -0.39 is 61.3 Å². The van der Waals surface area contributed by atoms with E-state index in [4.69, 9.17) is 18.9 Å². The van der Waals surface area contributed by atoms with Gasteiger partial charge in [0.25, 0.3) is 0 Å². The van der Waals surface area contributed by atoms with E-state index in [1.54, 1.807) is 0 Å². The van der Waals surface area contributed by atoms with Crippen molar-refractivity contribution in [2.24, 2.45) is 0 Å². The number of carboxylic acid groups (broad SMARTS) is 1. The summed E-state index contributed by atoms with van der Waals surface area (Å²) in [5.74, 6) is -2.45. The molecule has 0 aromatic rings. The summed E-state index contributed by atoms with van der Waals surface area (Å²) in [6.45, 7) is 3.72. The van der Waals surface area contributed by atoms with Crippen molar-refractivity contribution in [1.82, 2.24) is 0 Å². The van der Waals surface area contributed by atoms with Crippen LogP contribution < -0.4 is 0 Å². The van der Waals surface area contributed by atoms with Crippen molar-refractivity contribution in [1.29, 1.82) is 0 Å². The molecule has 1 fully saturated rings. The Bertz CT molecular complexity index is 1260. The number of allylic oxidation sites excluding steroid dienone is 8. The average Bonchev–Trinajstić information content (AvgIpc) is 3.29. The Morgan fingerprint density at radius 2 is 0.908 bits per heavy atom. The molecule has 0 spiro atoms. The second-order valence-corrected chi connectivity index (χ2v) is 18.0. The minimum atomic E-state index is -1.86. The fourth-order valence-corrected chi connectivity index (χ4v) is 7.87. The molecule has 1 saturated heterocycles. The number of aliphatic hydroxyl groups excluding tert-OH is 3. The van der Waals surface area contributed by atoms with Gasteiger partial charge in [-0.25, -0.2) is 4.79 Å². The van der Waals surface area contributed by atoms with Gasteiger partial charge in [-0.2, -0.15) is 0 Å². The first-order valence-electron chi connectivity index (χ1n) is 26.2. The van der Waals surface area contributed by atoms with Crippen LogP contribution in [0.25, 0.3) is 0 Å². The Balaban J connectivity index is 2.29. The van der Waals surface area contributed by atoms with Crippen LogP contribution in [-0.4, -0.2) is 88.4 Å². The summed E-state index contributed by atoms with van der Waals surface area (Å²) in [4.78, 5) is 37.0. The molecular weight excluding hydrogens is 825 g/mol. The Labute approximate surface area is 394 Å².